The van der Waals surface area contributed by atoms with Gasteiger partial charge in [0.2, 0.25) is 5.91 Å². The number of likely N-dealkylation sites (tertiary alicyclic amines) is 1. The molecular formula is C24H19Cl2F5N2O4S. The van der Waals surface area contributed by atoms with Gasteiger partial charge in [0.25, 0.3) is 5.60 Å². The van der Waals surface area contributed by atoms with E-state index in [2.05, 4.69) is 5.16 Å². The number of carbonyl (C=O) groups is 1. The number of amides is 1. The zero-order chi connectivity index (χ0) is 27.9. The van der Waals surface area contributed by atoms with Crippen LogP contribution in [0.25, 0.3) is 0 Å². The summed E-state index contributed by atoms with van der Waals surface area (Å²) in [5.41, 5.74) is -5.12. The van der Waals surface area contributed by atoms with E-state index < -0.39 is 65.8 Å². The third-order valence-electron chi connectivity index (χ3n) is 7.35. The Morgan fingerprint density at radius 2 is 1.61 bits per heavy atom. The Morgan fingerprint density at radius 3 is 2.08 bits per heavy atom. The van der Waals surface area contributed by atoms with Gasteiger partial charge in [-0.15, -0.1) is 0 Å². The van der Waals surface area contributed by atoms with E-state index in [4.69, 9.17) is 28.0 Å². The van der Waals surface area contributed by atoms with Crippen LogP contribution in [0.4, 0.5) is 22.0 Å². The Balaban J connectivity index is 1.33. The van der Waals surface area contributed by atoms with Crippen LogP contribution in [0.5, 0.6) is 0 Å². The number of alkyl halides is 4. The first-order valence-corrected chi connectivity index (χ1v) is 13.9. The number of halogens is 7. The number of rotatable bonds is 5. The second-order valence-electron chi connectivity index (χ2n) is 9.86. The van der Waals surface area contributed by atoms with Crippen LogP contribution in [0.3, 0.4) is 0 Å². The molecule has 1 unspecified atom stereocenters. The van der Waals surface area contributed by atoms with Crippen LogP contribution in [-0.4, -0.2) is 55.2 Å². The van der Waals surface area contributed by atoms with Gasteiger partial charge in [0.05, 0.1) is 28.8 Å². The molecule has 3 aliphatic rings. The molecule has 0 N–H and O–H groups in total. The van der Waals surface area contributed by atoms with Crippen LogP contribution in [0.15, 0.2) is 41.6 Å². The SMILES string of the molecule is CS(=O)(=O)C1(C(=O)N2CC(F)(c3ccc(C4=NOC(c5cc(Cl)c(F)c(Cl)c5)(C(F)(F)F)C4)cc3)C2)CC1. The Kier molecular flexibility index (Phi) is 6.09. The van der Waals surface area contributed by atoms with Gasteiger partial charge >= 0.3 is 6.18 Å². The predicted octanol–water partition coefficient (Wildman–Crippen LogP) is 5.30. The number of carbonyl (C=O) groups excluding carboxylic acids is 1. The quantitative estimate of drug-likeness (QED) is 0.347. The van der Waals surface area contributed by atoms with E-state index in [0.29, 0.717) is 0 Å². The van der Waals surface area contributed by atoms with Crippen molar-refractivity contribution in [1.82, 2.24) is 4.90 Å². The lowest BCUT2D eigenvalue weighted by molar-refractivity contribution is -0.275. The molecule has 2 aliphatic heterocycles. The third-order valence-corrected chi connectivity index (χ3v) is 9.90. The predicted molar refractivity (Wildman–Crippen MR) is 129 cm³/mol. The number of nitrogens with zero attached hydrogens (tertiary/aromatic N) is 2. The van der Waals surface area contributed by atoms with Crippen molar-refractivity contribution < 1.29 is 40.0 Å². The fraction of sp³-hybridized carbons (Fsp3) is 0.417. The summed E-state index contributed by atoms with van der Waals surface area (Å²) in [5, 5.41) is 2.40. The van der Waals surface area contributed by atoms with E-state index in [1.54, 1.807) is 0 Å². The molecule has 6 nitrogen and oxygen atoms in total. The van der Waals surface area contributed by atoms with Crippen molar-refractivity contribution in [3.63, 3.8) is 0 Å². The van der Waals surface area contributed by atoms with E-state index in [9.17, 15) is 30.8 Å². The van der Waals surface area contributed by atoms with Gasteiger partial charge in [0.15, 0.2) is 26.1 Å². The first kappa shape index (κ1) is 27.1. The summed E-state index contributed by atoms with van der Waals surface area (Å²) in [6.45, 7) is -0.675. The molecule has 0 aromatic heterocycles. The molecule has 2 aromatic carbocycles. The standard InChI is InChI=1S/C24H19Cl2F5N2O4S/c1-38(35,36)22(6-7-22)20(34)33-11-21(28,12-33)14-4-2-13(3-5-14)18-10-23(37-32-18,24(29,30)31)15-8-16(25)19(27)17(26)9-15/h2-5,8-9H,6-7,10-12H2,1H3. The maximum absolute atomic E-state index is 15.5. The summed E-state index contributed by atoms with van der Waals surface area (Å²) >= 11 is 11.4. The average molecular weight is 597 g/mol. The normalized spacial score (nSPS) is 23.9. The lowest BCUT2D eigenvalue weighted by atomic mass is 9.84. The maximum atomic E-state index is 15.5. The molecule has 14 heteroatoms. The van der Waals surface area contributed by atoms with Crippen molar-refractivity contribution in [2.24, 2.45) is 5.16 Å². The van der Waals surface area contributed by atoms with Gasteiger partial charge in [-0.1, -0.05) is 52.6 Å². The van der Waals surface area contributed by atoms with Gasteiger partial charge in [-0.05, 0) is 36.1 Å². The van der Waals surface area contributed by atoms with Gasteiger partial charge in [0, 0.05) is 18.2 Å². The van der Waals surface area contributed by atoms with Crippen molar-refractivity contribution in [2.45, 2.75) is 41.5 Å². The summed E-state index contributed by atoms with van der Waals surface area (Å²) in [6, 6.07) is 7.04. The molecule has 2 aromatic rings. The van der Waals surface area contributed by atoms with Gasteiger partial charge in [-0.2, -0.15) is 13.2 Å². The molecule has 1 saturated heterocycles. The zero-order valence-electron chi connectivity index (χ0n) is 19.6. The maximum Gasteiger partial charge on any atom is 0.435 e. The van der Waals surface area contributed by atoms with Gasteiger partial charge in [-0.3, -0.25) is 4.79 Å². The highest BCUT2D eigenvalue weighted by Gasteiger charge is 2.64. The van der Waals surface area contributed by atoms with E-state index in [1.807, 2.05) is 0 Å². The summed E-state index contributed by atoms with van der Waals surface area (Å²) in [5.74, 6) is -1.68. The molecule has 204 valence electrons. The summed E-state index contributed by atoms with van der Waals surface area (Å²) in [4.78, 5) is 18.7. The monoisotopic (exact) mass is 596 g/mol. The number of oxime groups is 1. The average Bonchev–Trinajstić information content (AvgIpc) is 3.51. The largest absolute Gasteiger partial charge is 0.435 e. The number of sulfone groups is 1. The van der Waals surface area contributed by atoms with Crippen molar-refractivity contribution >= 4 is 44.7 Å². The molecule has 0 radical (unpaired) electrons. The van der Waals surface area contributed by atoms with Crippen molar-refractivity contribution in [2.75, 3.05) is 19.3 Å². The molecular weight excluding hydrogens is 578 g/mol. The Labute approximate surface area is 224 Å². The molecule has 5 rings (SSSR count). The van der Waals surface area contributed by atoms with E-state index in [0.717, 1.165) is 23.3 Å². The molecule has 0 bridgehead atoms. The molecule has 2 fully saturated rings. The van der Waals surface area contributed by atoms with E-state index in [1.165, 1.54) is 24.3 Å². The van der Waals surface area contributed by atoms with Crippen LogP contribution in [0.1, 0.15) is 36.0 Å². The summed E-state index contributed by atoms with van der Waals surface area (Å²) < 4.78 is 94.4. The second-order valence-corrected chi connectivity index (χ2v) is 13.0. The van der Waals surface area contributed by atoms with Crippen LogP contribution < -0.4 is 0 Å². The summed E-state index contributed by atoms with van der Waals surface area (Å²) in [7, 11) is -3.63. The minimum absolute atomic E-state index is 0.0902. The lowest BCUT2D eigenvalue weighted by Crippen LogP contribution is -2.62. The third kappa shape index (κ3) is 4.06. The fourth-order valence-electron chi connectivity index (χ4n) is 4.84. The molecule has 2 heterocycles. The van der Waals surface area contributed by atoms with Crippen molar-refractivity contribution in [3.8, 4) is 0 Å². The smallest absolute Gasteiger partial charge is 0.374 e. The van der Waals surface area contributed by atoms with Crippen LogP contribution >= 0.6 is 23.2 Å². The van der Waals surface area contributed by atoms with Crippen molar-refractivity contribution in [1.29, 1.82) is 0 Å². The van der Waals surface area contributed by atoms with Gasteiger partial charge in [-0.25, -0.2) is 17.2 Å². The first-order chi connectivity index (χ1) is 17.5. The fourth-order valence-corrected chi connectivity index (χ4v) is 6.62. The number of benzene rings is 2. The highest BCUT2D eigenvalue weighted by atomic mass is 35.5. The van der Waals surface area contributed by atoms with Gasteiger partial charge < -0.3 is 9.74 Å². The highest BCUT2D eigenvalue weighted by Crippen LogP contribution is 2.51. The second kappa shape index (κ2) is 8.53. The molecule has 1 aliphatic carbocycles. The van der Waals surface area contributed by atoms with Crippen LogP contribution in [-0.2, 0) is 30.7 Å². The summed E-state index contributed by atoms with van der Waals surface area (Å²) in [6.07, 6.45) is -4.35. The van der Waals surface area contributed by atoms with Crippen LogP contribution in [0, 0.1) is 5.82 Å². The number of hydrogen-bond acceptors (Lipinski definition) is 5. The minimum atomic E-state index is -4.97. The Morgan fingerprint density at radius 1 is 1.05 bits per heavy atom. The van der Waals surface area contributed by atoms with Gasteiger partial charge in [0.1, 0.15) is 0 Å². The van der Waals surface area contributed by atoms with Crippen molar-refractivity contribution in [3.05, 3.63) is 69.0 Å². The molecule has 1 saturated carbocycles. The molecule has 0 spiro atoms. The highest BCUT2D eigenvalue weighted by molar-refractivity contribution is 7.93. The number of hydrogen-bond donors (Lipinski definition) is 0. The lowest BCUT2D eigenvalue weighted by Gasteiger charge is -2.45. The minimum Gasteiger partial charge on any atom is -0.374 e. The zero-order valence-corrected chi connectivity index (χ0v) is 21.9. The Hall–Kier alpha value is -2.44. The topological polar surface area (TPSA) is 76.0 Å². The molecule has 1 atom stereocenters. The van der Waals surface area contributed by atoms with E-state index in [-0.39, 0.29) is 42.8 Å². The Bertz CT molecular complexity index is 1450. The van der Waals surface area contributed by atoms with Crippen LogP contribution in [0.2, 0.25) is 10.0 Å². The van der Waals surface area contributed by atoms with E-state index >= 15 is 4.39 Å². The molecule has 38 heavy (non-hydrogen) atoms. The molecule has 1 amide bonds. The first-order valence-electron chi connectivity index (χ1n) is 11.3.